The smallest absolute Gasteiger partial charge is 0.326 e. The van der Waals surface area contributed by atoms with Gasteiger partial charge in [-0.3, -0.25) is 4.79 Å². The lowest BCUT2D eigenvalue weighted by Crippen LogP contribution is -2.44. The van der Waals surface area contributed by atoms with E-state index in [4.69, 9.17) is 4.43 Å². The third-order valence-electron chi connectivity index (χ3n) is 4.46. The molecule has 1 rings (SSSR count). The molecule has 0 saturated carbocycles. The molecule has 2 N–H and O–H groups in total. The number of hydrogen-bond donors (Lipinski definition) is 2. The van der Waals surface area contributed by atoms with E-state index in [0.717, 1.165) is 18.2 Å². The van der Waals surface area contributed by atoms with Crippen LogP contribution in [0, 0.1) is 11.6 Å². The second-order valence-corrected chi connectivity index (χ2v) is 12.2. The lowest BCUT2D eigenvalue weighted by Gasteiger charge is -2.36. The number of halogens is 2. The van der Waals surface area contributed by atoms with Crippen molar-refractivity contribution in [2.45, 2.75) is 51.4 Å². The number of carboxylic acids is 1. The van der Waals surface area contributed by atoms with Gasteiger partial charge < -0.3 is 14.8 Å². The predicted molar refractivity (Wildman–Crippen MR) is 93.0 cm³/mol. The Bertz CT molecular complexity index is 644. The highest BCUT2D eigenvalue weighted by Crippen LogP contribution is 2.36. The maximum Gasteiger partial charge on any atom is 0.326 e. The lowest BCUT2D eigenvalue weighted by molar-refractivity contribution is -0.139. The molecule has 0 radical (unpaired) electrons. The summed E-state index contributed by atoms with van der Waals surface area (Å²) in [6.07, 6.45) is 0.0806. The maximum absolute atomic E-state index is 13.2. The van der Waals surface area contributed by atoms with Crippen molar-refractivity contribution < 1.29 is 27.9 Å². The number of rotatable bonds is 7. The lowest BCUT2D eigenvalue weighted by atomic mass is 10.1. The number of hydrogen-bond acceptors (Lipinski definition) is 3. The minimum Gasteiger partial charge on any atom is -0.480 e. The molecule has 0 fully saturated rings. The number of amides is 1. The zero-order valence-electron chi connectivity index (χ0n) is 15.2. The normalized spacial score (nSPS) is 13.4. The molecular formula is C17H25F2NO4Si. The number of aliphatic carboxylic acids is 1. The predicted octanol–water partition coefficient (Wildman–Crippen LogP) is 3.56. The fraction of sp³-hybridized carbons (Fsp3) is 0.529. The van der Waals surface area contributed by atoms with Gasteiger partial charge in [0.1, 0.15) is 6.04 Å². The zero-order chi connectivity index (χ0) is 19.4. The molecule has 0 bridgehead atoms. The van der Waals surface area contributed by atoms with Crippen molar-refractivity contribution in [2.75, 3.05) is 6.61 Å². The van der Waals surface area contributed by atoms with Gasteiger partial charge in [0.05, 0.1) is 0 Å². The molecule has 1 amide bonds. The molecule has 0 saturated heterocycles. The van der Waals surface area contributed by atoms with Gasteiger partial charge in [0.25, 0.3) is 5.91 Å². The van der Waals surface area contributed by atoms with Crippen LogP contribution in [0.25, 0.3) is 0 Å². The fourth-order valence-electron chi connectivity index (χ4n) is 1.78. The van der Waals surface area contributed by atoms with Crippen LogP contribution >= 0.6 is 0 Å². The highest BCUT2D eigenvalue weighted by Gasteiger charge is 2.37. The molecule has 1 aromatic carbocycles. The molecule has 0 heterocycles. The van der Waals surface area contributed by atoms with Gasteiger partial charge in [0, 0.05) is 18.6 Å². The van der Waals surface area contributed by atoms with E-state index in [0.29, 0.717) is 0 Å². The molecule has 8 heteroatoms. The van der Waals surface area contributed by atoms with Crippen molar-refractivity contribution in [3.8, 4) is 0 Å². The standard InChI is InChI=1S/C17H25F2NO4Si/c1-17(2,3)25(4,5)24-9-8-14(16(22)23)20-15(21)11-6-7-12(18)13(19)10-11/h6-7,10,14H,8-9H2,1-5H3,(H,20,21)(H,22,23)/t14-/m0/s1. The molecule has 5 nitrogen and oxygen atoms in total. The molecule has 0 unspecified atom stereocenters. The second-order valence-electron chi connectivity index (χ2n) is 7.39. The van der Waals surface area contributed by atoms with Gasteiger partial charge in [-0.05, 0) is 36.3 Å². The first kappa shape index (κ1) is 21.2. The third kappa shape index (κ3) is 5.89. The minimum atomic E-state index is -2.02. The third-order valence-corrected chi connectivity index (χ3v) is 9.00. The summed E-state index contributed by atoms with van der Waals surface area (Å²) in [5, 5.41) is 11.6. The van der Waals surface area contributed by atoms with E-state index in [1.807, 2.05) is 13.1 Å². The average Bonchev–Trinajstić information content (AvgIpc) is 2.47. The Balaban J connectivity index is 2.70. The van der Waals surface area contributed by atoms with Crippen LogP contribution < -0.4 is 5.32 Å². The summed E-state index contributed by atoms with van der Waals surface area (Å²) in [7, 11) is -2.02. The largest absolute Gasteiger partial charge is 0.480 e. The Labute approximate surface area is 147 Å². The van der Waals surface area contributed by atoms with Gasteiger partial charge in [0.15, 0.2) is 20.0 Å². The summed E-state index contributed by atoms with van der Waals surface area (Å²) in [5.41, 5.74) is -0.143. The summed E-state index contributed by atoms with van der Waals surface area (Å²) in [6.45, 7) is 10.5. The number of carboxylic acid groups (broad SMARTS) is 1. The van der Waals surface area contributed by atoms with E-state index < -0.39 is 37.9 Å². The number of carbonyl (C=O) groups is 2. The first-order valence-corrected chi connectivity index (χ1v) is 10.9. The quantitative estimate of drug-likeness (QED) is 0.717. The van der Waals surface area contributed by atoms with Gasteiger partial charge in [-0.2, -0.15) is 0 Å². The van der Waals surface area contributed by atoms with E-state index in [1.165, 1.54) is 0 Å². The van der Waals surface area contributed by atoms with Crippen molar-refractivity contribution >= 4 is 20.2 Å². The summed E-state index contributed by atoms with van der Waals surface area (Å²) < 4.78 is 32.0. The first-order valence-electron chi connectivity index (χ1n) is 7.98. The van der Waals surface area contributed by atoms with Gasteiger partial charge in [-0.1, -0.05) is 20.8 Å². The van der Waals surface area contributed by atoms with Crippen molar-refractivity contribution in [3.63, 3.8) is 0 Å². The first-order chi connectivity index (χ1) is 11.3. The summed E-state index contributed by atoms with van der Waals surface area (Å²) >= 11 is 0. The summed E-state index contributed by atoms with van der Waals surface area (Å²) in [6, 6.07) is 1.47. The molecule has 0 aromatic heterocycles. The maximum atomic E-state index is 13.2. The zero-order valence-corrected chi connectivity index (χ0v) is 16.2. The van der Waals surface area contributed by atoms with Crippen LogP contribution in [0.3, 0.4) is 0 Å². The van der Waals surface area contributed by atoms with Crippen molar-refractivity contribution in [1.82, 2.24) is 5.32 Å². The highest BCUT2D eigenvalue weighted by molar-refractivity contribution is 6.74. The fourth-order valence-corrected chi connectivity index (χ4v) is 2.85. The Morgan fingerprint density at radius 2 is 1.84 bits per heavy atom. The van der Waals surface area contributed by atoms with Crippen molar-refractivity contribution in [3.05, 3.63) is 35.4 Å². The number of nitrogens with one attached hydrogen (secondary N) is 1. The number of carbonyl (C=O) groups excluding carboxylic acids is 1. The molecule has 140 valence electrons. The van der Waals surface area contributed by atoms with Gasteiger partial charge >= 0.3 is 5.97 Å². The van der Waals surface area contributed by atoms with Crippen LogP contribution in [0.15, 0.2) is 18.2 Å². The molecule has 1 atom stereocenters. The monoisotopic (exact) mass is 373 g/mol. The molecule has 0 aliphatic rings. The van der Waals surface area contributed by atoms with E-state index in [1.54, 1.807) is 0 Å². The van der Waals surface area contributed by atoms with Crippen LogP contribution in [0.4, 0.5) is 8.78 Å². The topological polar surface area (TPSA) is 75.6 Å². The minimum absolute atomic E-state index is 0.0133. The Kier molecular flexibility index (Phi) is 6.84. The second kappa shape index (κ2) is 8.05. The molecule has 25 heavy (non-hydrogen) atoms. The van der Waals surface area contributed by atoms with Gasteiger partial charge in [-0.25, -0.2) is 13.6 Å². The molecule has 0 aliphatic carbocycles. The molecule has 1 aromatic rings. The van der Waals surface area contributed by atoms with Crippen LogP contribution in [0.5, 0.6) is 0 Å². The van der Waals surface area contributed by atoms with E-state index >= 15 is 0 Å². The average molecular weight is 373 g/mol. The Morgan fingerprint density at radius 3 is 2.32 bits per heavy atom. The van der Waals surface area contributed by atoms with E-state index in [2.05, 4.69) is 26.1 Å². The highest BCUT2D eigenvalue weighted by atomic mass is 28.4. The van der Waals surface area contributed by atoms with E-state index in [-0.39, 0.29) is 23.6 Å². The number of benzene rings is 1. The molecule has 0 aliphatic heterocycles. The van der Waals surface area contributed by atoms with Crippen molar-refractivity contribution in [1.29, 1.82) is 0 Å². The van der Waals surface area contributed by atoms with Crippen LogP contribution in [-0.4, -0.2) is 37.9 Å². The van der Waals surface area contributed by atoms with Crippen LogP contribution in [-0.2, 0) is 9.22 Å². The molecular weight excluding hydrogens is 348 g/mol. The van der Waals surface area contributed by atoms with Crippen molar-refractivity contribution in [2.24, 2.45) is 0 Å². The van der Waals surface area contributed by atoms with Crippen LogP contribution in [0.1, 0.15) is 37.6 Å². The van der Waals surface area contributed by atoms with E-state index in [9.17, 15) is 23.5 Å². The Hall–Kier alpha value is -1.80. The Morgan fingerprint density at radius 1 is 1.24 bits per heavy atom. The van der Waals surface area contributed by atoms with Crippen LogP contribution in [0.2, 0.25) is 18.1 Å². The van der Waals surface area contributed by atoms with Gasteiger partial charge in [0.2, 0.25) is 0 Å². The SMILES string of the molecule is CC(C)(C)[Si](C)(C)OCC[C@H](NC(=O)c1ccc(F)c(F)c1)C(=O)O. The van der Waals surface area contributed by atoms with Gasteiger partial charge in [-0.15, -0.1) is 0 Å². The molecule has 0 spiro atoms. The summed E-state index contributed by atoms with van der Waals surface area (Å²) in [4.78, 5) is 23.4. The summed E-state index contributed by atoms with van der Waals surface area (Å²) in [5.74, 6) is -4.23.